The first kappa shape index (κ1) is 30.7. The zero-order valence-corrected chi connectivity index (χ0v) is 29.5. The van der Waals surface area contributed by atoms with Crippen molar-refractivity contribution < 1.29 is 0 Å². The molecule has 0 unspecified atom stereocenters. The maximum Gasteiger partial charge on any atom is 0.101 e. The zero-order chi connectivity index (χ0) is 36.6. The second-order valence-corrected chi connectivity index (χ2v) is 14.0. The van der Waals surface area contributed by atoms with Crippen LogP contribution in [0.4, 0.5) is 0 Å². The van der Waals surface area contributed by atoms with Crippen molar-refractivity contribution >= 4 is 65.4 Å². The van der Waals surface area contributed by atoms with Gasteiger partial charge in [-0.05, 0) is 83.9 Å². The van der Waals surface area contributed by atoms with Crippen molar-refractivity contribution in [1.29, 1.82) is 10.5 Å². The first-order valence-electron chi connectivity index (χ1n) is 18.3. The van der Waals surface area contributed by atoms with Gasteiger partial charge in [-0.2, -0.15) is 10.5 Å². The molecule has 0 saturated carbocycles. The molecule has 55 heavy (non-hydrogen) atoms. The molecular weight excluding hydrogens is 671 g/mol. The van der Waals surface area contributed by atoms with Crippen LogP contribution in [-0.4, -0.2) is 13.7 Å². The summed E-state index contributed by atoms with van der Waals surface area (Å²) in [6.45, 7) is 0. The molecule has 0 aliphatic carbocycles. The van der Waals surface area contributed by atoms with Gasteiger partial charge in [-0.3, -0.25) is 0 Å². The average Bonchev–Trinajstić information content (AvgIpc) is 3.89. The van der Waals surface area contributed by atoms with Crippen LogP contribution in [0, 0.1) is 22.7 Å². The van der Waals surface area contributed by atoms with Crippen molar-refractivity contribution in [3.63, 3.8) is 0 Å². The van der Waals surface area contributed by atoms with Crippen LogP contribution >= 0.6 is 0 Å². The Morgan fingerprint density at radius 3 is 1.56 bits per heavy atom. The van der Waals surface area contributed by atoms with Gasteiger partial charge >= 0.3 is 0 Å². The zero-order valence-electron chi connectivity index (χ0n) is 29.5. The Morgan fingerprint density at radius 1 is 0.345 bits per heavy atom. The molecule has 254 valence electrons. The van der Waals surface area contributed by atoms with E-state index in [1.165, 1.54) is 10.8 Å². The Balaban J connectivity index is 1.12. The standard InChI is InChI=1S/C50H29N5/c51-30-32-23-25-48-42(27-32)40-16-4-5-18-44(40)53(48)36-12-9-11-33(29-36)34-24-26-43(35(28-34)31-52)55-47-21-8-3-15-39(47)41-17-10-22-49(50(41)55)54-45-19-6-1-13-37(45)38-14-2-7-20-46(38)54/h1-29H. The highest BCUT2D eigenvalue weighted by Gasteiger charge is 2.21. The minimum absolute atomic E-state index is 0.587. The third-order valence-corrected chi connectivity index (χ3v) is 11.1. The largest absolute Gasteiger partial charge is 0.309 e. The molecule has 3 aromatic heterocycles. The number of aromatic nitrogens is 3. The highest BCUT2D eigenvalue weighted by Crippen LogP contribution is 2.41. The van der Waals surface area contributed by atoms with Gasteiger partial charge in [0.15, 0.2) is 0 Å². The van der Waals surface area contributed by atoms with Crippen LogP contribution in [0.1, 0.15) is 11.1 Å². The van der Waals surface area contributed by atoms with Gasteiger partial charge in [-0.15, -0.1) is 0 Å². The summed E-state index contributed by atoms with van der Waals surface area (Å²) < 4.78 is 6.89. The Kier molecular flexibility index (Phi) is 6.61. The molecule has 0 spiro atoms. The van der Waals surface area contributed by atoms with E-state index in [4.69, 9.17) is 0 Å². The van der Waals surface area contributed by atoms with Gasteiger partial charge in [0.2, 0.25) is 0 Å². The van der Waals surface area contributed by atoms with Crippen LogP contribution in [0.3, 0.4) is 0 Å². The van der Waals surface area contributed by atoms with Gasteiger partial charge in [0.05, 0.1) is 61.7 Å². The Labute approximate surface area is 316 Å². The molecule has 0 saturated heterocycles. The molecule has 0 fully saturated rings. The van der Waals surface area contributed by atoms with Crippen molar-refractivity contribution in [3.05, 3.63) is 187 Å². The number of nitrogens with zero attached hydrogens (tertiary/aromatic N) is 5. The number of para-hydroxylation sites is 5. The van der Waals surface area contributed by atoms with Gasteiger partial charge in [-0.25, -0.2) is 0 Å². The monoisotopic (exact) mass is 699 g/mol. The minimum atomic E-state index is 0.587. The molecular formula is C50H29N5. The maximum absolute atomic E-state index is 10.9. The minimum Gasteiger partial charge on any atom is -0.309 e. The molecule has 11 aromatic rings. The Bertz CT molecular complexity index is 3420. The van der Waals surface area contributed by atoms with Gasteiger partial charge in [0.1, 0.15) is 6.07 Å². The van der Waals surface area contributed by atoms with E-state index in [0.29, 0.717) is 11.1 Å². The van der Waals surface area contributed by atoms with E-state index in [1.807, 2.05) is 36.4 Å². The number of hydrogen-bond acceptors (Lipinski definition) is 2. The number of hydrogen-bond donors (Lipinski definition) is 0. The summed E-state index contributed by atoms with van der Waals surface area (Å²) in [7, 11) is 0. The molecule has 11 rings (SSSR count). The molecule has 8 aromatic carbocycles. The topological polar surface area (TPSA) is 62.4 Å². The van der Waals surface area contributed by atoms with Gasteiger partial charge < -0.3 is 13.7 Å². The average molecular weight is 700 g/mol. The van der Waals surface area contributed by atoms with Gasteiger partial charge in [-0.1, -0.05) is 103 Å². The SMILES string of the molecule is N#Cc1ccc2c(c1)c1ccccc1n2-c1cccc(-c2ccc(-n3c4ccccc4c4cccc(-n5c6ccccc6c6ccccc65)c43)c(C#N)c2)c1. The highest BCUT2D eigenvalue weighted by atomic mass is 15.1. The molecule has 0 N–H and O–H groups in total. The van der Waals surface area contributed by atoms with Crippen LogP contribution in [-0.2, 0) is 0 Å². The predicted octanol–water partition coefficient (Wildman–Crippen LogP) is 12.4. The van der Waals surface area contributed by atoms with E-state index in [9.17, 15) is 10.5 Å². The van der Waals surface area contributed by atoms with E-state index in [-0.39, 0.29) is 0 Å². The van der Waals surface area contributed by atoms with Gasteiger partial charge in [0, 0.05) is 38.0 Å². The lowest BCUT2D eigenvalue weighted by Gasteiger charge is -2.16. The molecule has 0 amide bonds. The van der Waals surface area contributed by atoms with E-state index in [1.54, 1.807) is 0 Å². The fourth-order valence-corrected chi connectivity index (χ4v) is 8.76. The lowest BCUT2D eigenvalue weighted by Crippen LogP contribution is -2.02. The molecule has 5 heteroatoms. The first-order chi connectivity index (χ1) is 27.2. The lowest BCUT2D eigenvalue weighted by molar-refractivity contribution is 1.12. The van der Waals surface area contributed by atoms with E-state index in [0.717, 1.165) is 82.8 Å². The van der Waals surface area contributed by atoms with E-state index < -0.39 is 0 Å². The number of fused-ring (bicyclic) bond motifs is 9. The predicted molar refractivity (Wildman–Crippen MR) is 224 cm³/mol. The quantitative estimate of drug-likeness (QED) is 0.184. The molecule has 0 aliphatic rings. The molecule has 0 atom stereocenters. The smallest absolute Gasteiger partial charge is 0.101 e. The number of nitriles is 2. The second kappa shape index (κ2) is 11.8. The normalized spacial score (nSPS) is 11.6. The molecule has 0 bridgehead atoms. The number of rotatable bonds is 4. The van der Waals surface area contributed by atoms with Gasteiger partial charge in [0.25, 0.3) is 0 Å². The molecule has 0 aliphatic heterocycles. The summed E-state index contributed by atoms with van der Waals surface area (Å²) in [5.74, 6) is 0. The van der Waals surface area contributed by atoms with E-state index >= 15 is 0 Å². The number of benzene rings is 8. The van der Waals surface area contributed by atoms with Crippen LogP contribution in [0.5, 0.6) is 0 Å². The Morgan fingerprint density at radius 2 is 0.891 bits per heavy atom. The van der Waals surface area contributed by atoms with E-state index in [2.05, 4.69) is 165 Å². The lowest BCUT2D eigenvalue weighted by atomic mass is 10.0. The van der Waals surface area contributed by atoms with Crippen LogP contribution in [0.15, 0.2) is 176 Å². The Hall–Kier alpha value is -7.86. The van der Waals surface area contributed by atoms with Crippen LogP contribution in [0.25, 0.3) is 93.6 Å². The summed E-state index contributed by atoms with van der Waals surface area (Å²) in [6.07, 6.45) is 0. The summed E-state index contributed by atoms with van der Waals surface area (Å²) in [6, 6.07) is 65.9. The first-order valence-corrected chi connectivity index (χ1v) is 18.3. The maximum atomic E-state index is 10.9. The highest BCUT2D eigenvalue weighted by molar-refractivity contribution is 6.15. The van der Waals surface area contributed by atoms with Crippen molar-refractivity contribution in [3.8, 4) is 40.3 Å². The fraction of sp³-hybridized carbons (Fsp3) is 0. The van der Waals surface area contributed by atoms with Crippen molar-refractivity contribution in [2.24, 2.45) is 0 Å². The summed E-state index contributed by atoms with van der Waals surface area (Å²) in [5.41, 5.74) is 12.6. The third kappa shape index (κ3) is 4.45. The molecule has 0 radical (unpaired) electrons. The third-order valence-electron chi connectivity index (χ3n) is 11.1. The van der Waals surface area contributed by atoms with Crippen LogP contribution in [0.2, 0.25) is 0 Å². The van der Waals surface area contributed by atoms with Crippen molar-refractivity contribution in [1.82, 2.24) is 13.7 Å². The fourth-order valence-electron chi connectivity index (χ4n) is 8.76. The summed E-state index contributed by atoms with van der Waals surface area (Å²) in [5, 5.41) is 27.3. The molecule has 3 heterocycles. The summed E-state index contributed by atoms with van der Waals surface area (Å²) >= 11 is 0. The van der Waals surface area contributed by atoms with Crippen LogP contribution < -0.4 is 0 Å². The summed E-state index contributed by atoms with van der Waals surface area (Å²) in [4.78, 5) is 0. The van der Waals surface area contributed by atoms with Crippen molar-refractivity contribution in [2.45, 2.75) is 0 Å². The molecule has 5 nitrogen and oxygen atoms in total. The van der Waals surface area contributed by atoms with Crippen molar-refractivity contribution in [2.75, 3.05) is 0 Å². The second-order valence-electron chi connectivity index (χ2n) is 14.0.